The van der Waals surface area contributed by atoms with E-state index in [0.29, 0.717) is 16.3 Å². The summed E-state index contributed by atoms with van der Waals surface area (Å²) in [5.41, 5.74) is 1.47. The summed E-state index contributed by atoms with van der Waals surface area (Å²) in [5.74, 6) is 0.311. The Hall–Kier alpha value is -1.99. The second-order valence-electron chi connectivity index (χ2n) is 3.67. The van der Waals surface area contributed by atoms with E-state index in [0.717, 1.165) is 5.69 Å². The number of nitrogens with one attached hydrogen (secondary N) is 2. The smallest absolute Gasteiger partial charge is 0.221 e. The van der Waals surface area contributed by atoms with Crippen LogP contribution in [0.2, 0.25) is 0 Å². The number of carbonyl (C=O) groups is 1. The molecule has 0 spiro atoms. The highest BCUT2D eigenvalue weighted by molar-refractivity contribution is 7.71. The zero-order valence-corrected chi connectivity index (χ0v) is 10.5. The topological polar surface area (TPSA) is 82.9 Å². The quantitative estimate of drug-likeness (QED) is 0.731. The van der Waals surface area contributed by atoms with Gasteiger partial charge in [-0.25, -0.2) is 0 Å². The Balaban J connectivity index is 2.37. The Bertz CT molecular complexity index is 615. The van der Waals surface area contributed by atoms with Gasteiger partial charge in [-0.05, 0) is 36.5 Å². The lowest BCUT2D eigenvalue weighted by molar-refractivity contribution is -0.114. The minimum absolute atomic E-state index is 0.126. The highest BCUT2D eigenvalue weighted by atomic mass is 32.1. The van der Waals surface area contributed by atoms with Crippen LogP contribution in [0.5, 0.6) is 0 Å². The van der Waals surface area contributed by atoms with Crippen LogP contribution in [0.1, 0.15) is 12.7 Å². The second-order valence-corrected chi connectivity index (χ2v) is 4.05. The molecule has 2 rings (SSSR count). The SMILES string of the molecule is CC(=O)Nc1ccc(-n2c(CO)n[nH]c2=S)cc1. The van der Waals surface area contributed by atoms with Gasteiger partial charge in [0.05, 0.1) is 0 Å². The van der Waals surface area contributed by atoms with Gasteiger partial charge in [-0.1, -0.05) is 0 Å². The number of amides is 1. The molecule has 1 aromatic carbocycles. The van der Waals surface area contributed by atoms with Crippen molar-refractivity contribution in [2.75, 3.05) is 5.32 Å². The van der Waals surface area contributed by atoms with Gasteiger partial charge in [-0.2, -0.15) is 5.10 Å². The third kappa shape index (κ3) is 2.47. The van der Waals surface area contributed by atoms with Gasteiger partial charge in [-0.3, -0.25) is 14.5 Å². The van der Waals surface area contributed by atoms with E-state index in [1.807, 2.05) is 0 Å². The van der Waals surface area contributed by atoms with Crippen LogP contribution in [0.15, 0.2) is 24.3 Å². The number of rotatable bonds is 3. The van der Waals surface area contributed by atoms with E-state index in [4.69, 9.17) is 17.3 Å². The lowest BCUT2D eigenvalue weighted by atomic mass is 10.2. The van der Waals surface area contributed by atoms with Gasteiger partial charge in [-0.15, -0.1) is 0 Å². The molecule has 0 fully saturated rings. The summed E-state index contributed by atoms with van der Waals surface area (Å²) in [4.78, 5) is 10.9. The Morgan fingerprint density at radius 3 is 2.72 bits per heavy atom. The maximum absolute atomic E-state index is 10.9. The molecule has 1 amide bonds. The van der Waals surface area contributed by atoms with Crippen LogP contribution in [0, 0.1) is 4.77 Å². The largest absolute Gasteiger partial charge is 0.388 e. The normalized spacial score (nSPS) is 10.3. The predicted molar refractivity (Wildman–Crippen MR) is 69.0 cm³/mol. The van der Waals surface area contributed by atoms with Crippen LogP contribution in [0.4, 0.5) is 5.69 Å². The number of hydrogen-bond acceptors (Lipinski definition) is 4. The van der Waals surface area contributed by atoms with Gasteiger partial charge in [0.2, 0.25) is 5.91 Å². The third-order valence-corrected chi connectivity index (χ3v) is 2.60. The lowest BCUT2D eigenvalue weighted by Crippen LogP contribution is -2.06. The molecule has 1 aromatic heterocycles. The van der Waals surface area contributed by atoms with Crippen molar-refractivity contribution in [1.29, 1.82) is 0 Å². The minimum atomic E-state index is -0.208. The van der Waals surface area contributed by atoms with E-state index >= 15 is 0 Å². The van der Waals surface area contributed by atoms with Crippen molar-refractivity contribution in [3.05, 3.63) is 34.9 Å². The summed E-state index contributed by atoms with van der Waals surface area (Å²) in [7, 11) is 0. The molecule has 0 bridgehead atoms. The van der Waals surface area contributed by atoms with Crippen molar-refractivity contribution in [3.63, 3.8) is 0 Å². The number of aliphatic hydroxyl groups excluding tert-OH is 1. The van der Waals surface area contributed by atoms with E-state index < -0.39 is 0 Å². The van der Waals surface area contributed by atoms with Gasteiger partial charge < -0.3 is 10.4 Å². The summed E-state index contributed by atoms with van der Waals surface area (Å²) in [6.07, 6.45) is 0. The van der Waals surface area contributed by atoms with Gasteiger partial charge in [0.25, 0.3) is 0 Å². The number of aromatic nitrogens is 3. The highest BCUT2D eigenvalue weighted by Crippen LogP contribution is 2.15. The molecule has 3 N–H and O–H groups in total. The van der Waals surface area contributed by atoms with E-state index in [2.05, 4.69) is 15.5 Å². The highest BCUT2D eigenvalue weighted by Gasteiger charge is 2.07. The molecular weight excluding hydrogens is 252 g/mol. The van der Waals surface area contributed by atoms with E-state index in [1.54, 1.807) is 28.8 Å². The minimum Gasteiger partial charge on any atom is -0.388 e. The van der Waals surface area contributed by atoms with Crippen LogP contribution >= 0.6 is 12.2 Å². The summed E-state index contributed by atoms with van der Waals surface area (Å²) < 4.78 is 2.04. The number of benzene rings is 1. The van der Waals surface area contributed by atoms with E-state index in [-0.39, 0.29) is 12.5 Å². The van der Waals surface area contributed by atoms with Gasteiger partial charge >= 0.3 is 0 Å². The summed E-state index contributed by atoms with van der Waals surface area (Å²) >= 11 is 5.09. The average Bonchev–Trinajstić information content (AvgIpc) is 2.71. The third-order valence-electron chi connectivity index (χ3n) is 2.33. The van der Waals surface area contributed by atoms with Gasteiger partial charge in [0, 0.05) is 18.3 Å². The fourth-order valence-electron chi connectivity index (χ4n) is 1.60. The standard InChI is InChI=1S/C11H12N4O2S/c1-7(17)12-8-2-4-9(5-3-8)15-10(6-16)13-14-11(15)18/h2-5,16H,6H2,1H3,(H,12,17)(H,14,18). The molecule has 0 aliphatic carbocycles. The molecule has 6 nitrogen and oxygen atoms in total. The molecule has 0 radical (unpaired) electrons. The molecule has 0 saturated heterocycles. The molecule has 2 aromatic rings. The fourth-order valence-corrected chi connectivity index (χ4v) is 1.86. The summed E-state index contributed by atoms with van der Waals surface area (Å²) in [6.45, 7) is 1.24. The second kappa shape index (κ2) is 5.11. The summed E-state index contributed by atoms with van der Waals surface area (Å²) in [5, 5.41) is 18.4. The molecule has 94 valence electrons. The molecule has 0 saturated carbocycles. The van der Waals surface area contributed by atoms with Crippen molar-refractivity contribution >= 4 is 23.8 Å². The Morgan fingerprint density at radius 2 is 2.17 bits per heavy atom. The van der Waals surface area contributed by atoms with Crippen molar-refractivity contribution in [3.8, 4) is 5.69 Å². The predicted octanol–water partition coefficient (Wildman–Crippen LogP) is 1.38. The van der Waals surface area contributed by atoms with Crippen molar-refractivity contribution in [2.24, 2.45) is 0 Å². The number of hydrogen-bond donors (Lipinski definition) is 3. The molecular formula is C11H12N4O2S. The maximum Gasteiger partial charge on any atom is 0.221 e. The van der Waals surface area contributed by atoms with Crippen LogP contribution in [-0.2, 0) is 11.4 Å². The number of aliphatic hydroxyl groups is 1. The molecule has 0 unspecified atom stereocenters. The van der Waals surface area contributed by atoms with E-state index in [1.165, 1.54) is 6.92 Å². The van der Waals surface area contributed by atoms with Crippen LogP contribution < -0.4 is 5.32 Å². The molecule has 0 atom stereocenters. The first-order valence-electron chi connectivity index (χ1n) is 5.27. The number of aromatic amines is 1. The Labute approximate surface area is 108 Å². The van der Waals surface area contributed by atoms with Crippen LogP contribution in [-0.4, -0.2) is 25.8 Å². The zero-order valence-electron chi connectivity index (χ0n) is 9.67. The molecule has 0 aliphatic rings. The maximum atomic E-state index is 10.9. The Kier molecular flexibility index (Phi) is 3.54. The monoisotopic (exact) mass is 264 g/mol. The molecule has 1 heterocycles. The van der Waals surface area contributed by atoms with E-state index in [9.17, 15) is 4.79 Å². The molecule has 0 aliphatic heterocycles. The van der Waals surface area contributed by atoms with Gasteiger partial charge in [0.15, 0.2) is 10.6 Å². The first kappa shape index (κ1) is 12.5. The van der Waals surface area contributed by atoms with Crippen molar-refractivity contribution < 1.29 is 9.90 Å². The van der Waals surface area contributed by atoms with Gasteiger partial charge in [0.1, 0.15) is 6.61 Å². The van der Waals surface area contributed by atoms with Crippen molar-refractivity contribution in [1.82, 2.24) is 14.8 Å². The van der Waals surface area contributed by atoms with Crippen LogP contribution in [0.3, 0.4) is 0 Å². The van der Waals surface area contributed by atoms with Crippen LogP contribution in [0.25, 0.3) is 5.69 Å². The summed E-state index contributed by atoms with van der Waals surface area (Å²) in [6, 6.07) is 7.09. The zero-order chi connectivity index (χ0) is 13.1. The number of carbonyl (C=O) groups excluding carboxylic acids is 1. The molecule has 7 heteroatoms. The first-order chi connectivity index (χ1) is 8.61. The first-order valence-corrected chi connectivity index (χ1v) is 5.68. The Morgan fingerprint density at radius 1 is 1.50 bits per heavy atom. The number of anilines is 1. The van der Waals surface area contributed by atoms with Crippen molar-refractivity contribution in [2.45, 2.75) is 13.5 Å². The average molecular weight is 264 g/mol. The number of nitrogens with zero attached hydrogens (tertiary/aromatic N) is 2. The molecule has 18 heavy (non-hydrogen) atoms. The number of H-pyrrole nitrogens is 1. The lowest BCUT2D eigenvalue weighted by Gasteiger charge is -2.07. The fraction of sp³-hybridized carbons (Fsp3) is 0.182.